The van der Waals surface area contributed by atoms with Crippen molar-refractivity contribution in [2.24, 2.45) is 5.92 Å². The molecule has 1 aliphatic rings. The maximum Gasteiger partial charge on any atom is 0.140 e. The molecule has 3 N–H and O–H groups in total. The van der Waals surface area contributed by atoms with Gasteiger partial charge in [0, 0.05) is 6.04 Å². The Balaban J connectivity index is 1.87. The van der Waals surface area contributed by atoms with Crippen molar-refractivity contribution in [3.05, 3.63) is 16.7 Å². The van der Waals surface area contributed by atoms with Crippen molar-refractivity contribution in [1.29, 1.82) is 0 Å². The summed E-state index contributed by atoms with van der Waals surface area (Å²) in [5.74, 6) is 1.86. The molecule has 0 aromatic carbocycles. The van der Waals surface area contributed by atoms with Crippen molar-refractivity contribution < 1.29 is 0 Å². The second kappa shape index (κ2) is 6.41. The molecule has 0 saturated heterocycles. The van der Waals surface area contributed by atoms with Gasteiger partial charge in [-0.3, -0.25) is 0 Å². The van der Waals surface area contributed by atoms with Gasteiger partial charge in [0.15, 0.2) is 0 Å². The van der Waals surface area contributed by atoms with Gasteiger partial charge in [-0.1, -0.05) is 19.8 Å². The van der Waals surface area contributed by atoms with E-state index in [1.165, 1.54) is 38.5 Å². The van der Waals surface area contributed by atoms with Gasteiger partial charge >= 0.3 is 0 Å². The Morgan fingerprint density at radius 2 is 2.11 bits per heavy atom. The molecule has 18 heavy (non-hydrogen) atoms. The van der Waals surface area contributed by atoms with Gasteiger partial charge in [0.2, 0.25) is 0 Å². The van der Waals surface area contributed by atoms with Crippen molar-refractivity contribution in [1.82, 2.24) is 4.98 Å². The Morgan fingerprint density at radius 3 is 2.72 bits per heavy atom. The first-order valence-electron chi connectivity index (χ1n) is 6.86. The van der Waals surface area contributed by atoms with E-state index in [4.69, 9.17) is 5.73 Å². The molecule has 2 rings (SSSR count). The molecule has 0 radical (unpaired) electrons. The Morgan fingerprint density at radius 1 is 1.39 bits per heavy atom. The average Bonchev–Trinajstić information content (AvgIpc) is 2.35. The molecular formula is C14H22BrN3. The number of rotatable bonds is 4. The molecule has 1 aliphatic carbocycles. The van der Waals surface area contributed by atoms with Gasteiger partial charge in [0.25, 0.3) is 0 Å². The summed E-state index contributed by atoms with van der Waals surface area (Å²) in [7, 11) is 0. The molecule has 1 saturated carbocycles. The number of anilines is 2. The lowest BCUT2D eigenvalue weighted by molar-refractivity contribution is 0.318. The van der Waals surface area contributed by atoms with Crippen molar-refractivity contribution in [3.8, 4) is 0 Å². The molecule has 0 bridgehead atoms. The molecule has 100 valence electrons. The summed E-state index contributed by atoms with van der Waals surface area (Å²) in [5, 5.41) is 3.53. The number of aromatic nitrogens is 1. The van der Waals surface area contributed by atoms with Crippen molar-refractivity contribution in [2.45, 2.75) is 51.5 Å². The number of nitrogens with zero attached hydrogens (tertiary/aromatic N) is 1. The third kappa shape index (κ3) is 3.61. The van der Waals surface area contributed by atoms with Gasteiger partial charge in [-0.2, -0.15) is 0 Å². The highest BCUT2D eigenvalue weighted by Crippen LogP contribution is 2.31. The SMILES string of the molecule is CCCC1CCC(Nc2ncc(N)cc2Br)CC1. The Labute approximate surface area is 118 Å². The molecular weight excluding hydrogens is 290 g/mol. The van der Waals surface area contributed by atoms with Crippen LogP contribution in [-0.4, -0.2) is 11.0 Å². The molecule has 0 spiro atoms. The largest absolute Gasteiger partial charge is 0.397 e. The predicted octanol–water partition coefficient (Wildman–Crippen LogP) is 4.20. The number of nitrogen functional groups attached to an aromatic ring is 1. The van der Waals surface area contributed by atoms with Crippen LogP contribution >= 0.6 is 15.9 Å². The minimum Gasteiger partial charge on any atom is -0.397 e. The van der Waals surface area contributed by atoms with E-state index < -0.39 is 0 Å². The highest BCUT2D eigenvalue weighted by Gasteiger charge is 2.21. The number of pyridine rings is 1. The van der Waals surface area contributed by atoms with Crippen LogP contribution in [-0.2, 0) is 0 Å². The number of hydrogen-bond acceptors (Lipinski definition) is 3. The van der Waals surface area contributed by atoms with Crippen molar-refractivity contribution in [3.63, 3.8) is 0 Å². The van der Waals surface area contributed by atoms with Crippen molar-refractivity contribution >= 4 is 27.4 Å². The van der Waals surface area contributed by atoms with Crippen LogP contribution in [0.1, 0.15) is 45.4 Å². The Hall–Kier alpha value is -0.770. The van der Waals surface area contributed by atoms with E-state index in [9.17, 15) is 0 Å². The van der Waals surface area contributed by atoms with E-state index in [1.807, 2.05) is 6.07 Å². The first kappa shape index (κ1) is 13.7. The number of nitrogens with one attached hydrogen (secondary N) is 1. The number of halogens is 1. The average molecular weight is 312 g/mol. The third-order valence-corrected chi connectivity index (χ3v) is 4.35. The number of nitrogens with two attached hydrogens (primary N) is 1. The van der Waals surface area contributed by atoms with Gasteiger partial charge in [-0.25, -0.2) is 4.98 Å². The Bertz CT molecular complexity index is 387. The van der Waals surface area contributed by atoms with Crippen molar-refractivity contribution in [2.75, 3.05) is 11.1 Å². The molecule has 1 fully saturated rings. The third-order valence-electron chi connectivity index (χ3n) is 3.75. The molecule has 1 heterocycles. The fourth-order valence-corrected chi connectivity index (χ4v) is 3.24. The van der Waals surface area contributed by atoms with E-state index in [1.54, 1.807) is 6.20 Å². The summed E-state index contributed by atoms with van der Waals surface area (Å²) in [6, 6.07) is 2.46. The van der Waals surface area contributed by atoms with Gasteiger partial charge < -0.3 is 11.1 Å². The molecule has 0 unspecified atom stereocenters. The lowest BCUT2D eigenvalue weighted by Crippen LogP contribution is -2.26. The second-order valence-electron chi connectivity index (χ2n) is 5.25. The lowest BCUT2D eigenvalue weighted by atomic mass is 9.83. The molecule has 1 aromatic heterocycles. The summed E-state index contributed by atoms with van der Waals surface area (Å²) in [4.78, 5) is 4.34. The van der Waals surface area contributed by atoms with Crippen LogP contribution in [0.15, 0.2) is 16.7 Å². The maximum absolute atomic E-state index is 5.69. The first-order valence-corrected chi connectivity index (χ1v) is 7.66. The standard InChI is InChI=1S/C14H22BrN3/c1-2-3-10-4-6-12(7-5-10)18-14-13(15)8-11(16)9-17-14/h8-10,12H,2-7,16H2,1H3,(H,17,18). The van der Waals surface area contributed by atoms with Crippen LogP contribution in [0.4, 0.5) is 11.5 Å². The van der Waals surface area contributed by atoms with E-state index in [0.717, 1.165) is 16.2 Å². The monoisotopic (exact) mass is 311 g/mol. The zero-order valence-corrected chi connectivity index (χ0v) is 12.5. The minimum absolute atomic E-state index is 0.561. The second-order valence-corrected chi connectivity index (χ2v) is 6.10. The van der Waals surface area contributed by atoms with Crippen LogP contribution in [0.25, 0.3) is 0 Å². The molecule has 3 nitrogen and oxygen atoms in total. The zero-order valence-electron chi connectivity index (χ0n) is 11.0. The summed E-state index contributed by atoms with van der Waals surface area (Å²) in [5.41, 5.74) is 6.39. The Kier molecular flexibility index (Phi) is 4.87. The zero-order chi connectivity index (χ0) is 13.0. The summed E-state index contributed by atoms with van der Waals surface area (Å²) >= 11 is 3.51. The van der Waals surface area contributed by atoms with E-state index in [0.29, 0.717) is 11.7 Å². The summed E-state index contributed by atoms with van der Waals surface area (Å²) < 4.78 is 0.957. The highest BCUT2D eigenvalue weighted by atomic mass is 79.9. The molecule has 1 aromatic rings. The number of hydrogen-bond donors (Lipinski definition) is 2. The van der Waals surface area contributed by atoms with E-state index in [2.05, 4.69) is 33.2 Å². The molecule has 4 heteroatoms. The van der Waals surface area contributed by atoms with Crippen LogP contribution in [0, 0.1) is 5.92 Å². The molecule has 0 amide bonds. The maximum atomic E-state index is 5.69. The van der Waals surface area contributed by atoms with E-state index in [-0.39, 0.29) is 0 Å². The van der Waals surface area contributed by atoms with Crippen LogP contribution in [0.5, 0.6) is 0 Å². The fourth-order valence-electron chi connectivity index (χ4n) is 2.76. The summed E-state index contributed by atoms with van der Waals surface area (Å²) in [6.45, 7) is 2.28. The minimum atomic E-state index is 0.561. The topological polar surface area (TPSA) is 50.9 Å². The fraction of sp³-hybridized carbons (Fsp3) is 0.643. The molecule has 0 atom stereocenters. The van der Waals surface area contributed by atoms with Crippen LogP contribution in [0.2, 0.25) is 0 Å². The van der Waals surface area contributed by atoms with Gasteiger partial charge in [0.05, 0.1) is 16.4 Å². The lowest BCUT2D eigenvalue weighted by Gasteiger charge is -2.29. The normalized spacial score (nSPS) is 23.9. The summed E-state index contributed by atoms with van der Waals surface area (Å²) in [6.07, 6.45) is 9.60. The highest BCUT2D eigenvalue weighted by molar-refractivity contribution is 9.10. The quantitative estimate of drug-likeness (QED) is 0.876. The first-order chi connectivity index (χ1) is 8.69. The van der Waals surface area contributed by atoms with E-state index >= 15 is 0 Å². The smallest absolute Gasteiger partial charge is 0.140 e. The van der Waals surface area contributed by atoms with Crippen LogP contribution < -0.4 is 11.1 Å². The van der Waals surface area contributed by atoms with Gasteiger partial charge in [-0.05, 0) is 53.6 Å². The predicted molar refractivity (Wildman–Crippen MR) is 80.6 cm³/mol. The van der Waals surface area contributed by atoms with Crippen LogP contribution in [0.3, 0.4) is 0 Å². The van der Waals surface area contributed by atoms with Gasteiger partial charge in [-0.15, -0.1) is 0 Å². The molecule has 0 aliphatic heterocycles. The van der Waals surface area contributed by atoms with Gasteiger partial charge in [0.1, 0.15) is 5.82 Å².